The number of nitrogens with zero attached hydrogens (tertiary/aromatic N) is 1. The van der Waals surface area contributed by atoms with Crippen LogP contribution < -0.4 is 4.90 Å². The molecule has 0 fully saturated rings. The van der Waals surface area contributed by atoms with Crippen molar-refractivity contribution in [1.82, 2.24) is 0 Å². The largest absolute Gasteiger partial charge is 0.405 e. The molecule has 17 heavy (non-hydrogen) atoms. The number of rotatable bonds is 4. The highest BCUT2D eigenvalue weighted by molar-refractivity contribution is 9.08. The molecule has 0 spiro atoms. The minimum Gasteiger partial charge on any atom is -0.360 e. The number of anilines is 1. The zero-order valence-electron chi connectivity index (χ0n) is 9.76. The highest BCUT2D eigenvalue weighted by Crippen LogP contribution is 2.24. The Morgan fingerprint density at radius 2 is 1.71 bits per heavy atom. The van der Waals surface area contributed by atoms with Crippen LogP contribution in [0.5, 0.6) is 0 Å². The fraction of sp³-hybridized carbons (Fsp3) is 0.500. The topological polar surface area (TPSA) is 3.24 Å². The molecule has 1 rings (SSSR count). The summed E-state index contributed by atoms with van der Waals surface area (Å²) in [5, 5.41) is 0.703. The van der Waals surface area contributed by atoms with Crippen LogP contribution in [-0.2, 0) is 5.33 Å². The minimum absolute atomic E-state index is 0.188. The van der Waals surface area contributed by atoms with Gasteiger partial charge in [-0.3, -0.25) is 0 Å². The Labute approximate surface area is 108 Å². The average Bonchev–Trinajstić information content (AvgIpc) is 2.25. The quantitative estimate of drug-likeness (QED) is 0.747. The maximum absolute atomic E-state index is 12.4. The Kier molecular flexibility index (Phi) is 4.86. The van der Waals surface area contributed by atoms with E-state index < -0.39 is 12.7 Å². The van der Waals surface area contributed by atoms with Gasteiger partial charge in [-0.2, -0.15) is 13.2 Å². The van der Waals surface area contributed by atoms with Crippen LogP contribution in [0.3, 0.4) is 0 Å². The second-order valence-electron chi connectivity index (χ2n) is 4.14. The van der Waals surface area contributed by atoms with Crippen molar-refractivity contribution in [2.45, 2.75) is 31.4 Å². The SMILES string of the molecule is CC(C)N(CC(F)(F)F)c1ccc(CBr)cc1. The predicted octanol–water partition coefficient (Wildman–Crippen LogP) is 4.36. The molecular formula is C12H15BrF3N. The van der Waals surface area contributed by atoms with Gasteiger partial charge in [0.15, 0.2) is 0 Å². The van der Waals surface area contributed by atoms with Crippen LogP contribution in [0.15, 0.2) is 24.3 Å². The molecular weight excluding hydrogens is 295 g/mol. The highest BCUT2D eigenvalue weighted by atomic mass is 79.9. The van der Waals surface area contributed by atoms with E-state index in [-0.39, 0.29) is 6.04 Å². The summed E-state index contributed by atoms with van der Waals surface area (Å²) in [4.78, 5) is 1.35. The first-order chi connectivity index (χ1) is 7.83. The van der Waals surface area contributed by atoms with Gasteiger partial charge in [0.2, 0.25) is 0 Å². The van der Waals surface area contributed by atoms with Gasteiger partial charge in [-0.15, -0.1) is 0 Å². The molecule has 0 heterocycles. The smallest absolute Gasteiger partial charge is 0.360 e. The molecule has 0 saturated carbocycles. The molecule has 0 unspecified atom stereocenters. The van der Waals surface area contributed by atoms with Gasteiger partial charge >= 0.3 is 6.18 Å². The molecule has 96 valence electrons. The third kappa shape index (κ3) is 4.58. The molecule has 0 N–H and O–H groups in total. The van der Waals surface area contributed by atoms with Crippen molar-refractivity contribution in [2.75, 3.05) is 11.4 Å². The van der Waals surface area contributed by atoms with E-state index in [1.807, 2.05) is 12.1 Å². The first-order valence-corrected chi connectivity index (χ1v) is 6.44. The Morgan fingerprint density at radius 3 is 2.06 bits per heavy atom. The van der Waals surface area contributed by atoms with E-state index in [2.05, 4.69) is 15.9 Å². The van der Waals surface area contributed by atoms with Crippen LogP contribution in [-0.4, -0.2) is 18.8 Å². The van der Waals surface area contributed by atoms with Gasteiger partial charge in [-0.1, -0.05) is 28.1 Å². The highest BCUT2D eigenvalue weighted by Gasteiger charge is 2.31. The Hall–Kier alpha value is -0.710. The van der Waals surface area contributed by atoms with Crippen molar-refractivity contribution >= 4 is 21.6 Å². The van der Waals surface area contributed by atoms with Gasteiger partial charge in [0.05, 0.1) is 0 Å². The van der Waals surface area contributed by atoms with Crippen molar-refractivity contribution in [2.24, 2.45) is 0 Å². The maximum atomic E-state index is 12.4. The fourth-order valence-electron chi connectivity index (χ4n) is 1.54. The molecule has 0 atom stereocenters. The van der Waals surface area contributed by atoms with Gasteiger partial charge in [-0.05, 0) is 31.5 Å². The summed E-state index contributed by atoms with van der Waals surface area (Å²) in [7, 11) is 0. The molecule has 0 radical (unpaired) electrons. The molecule has 1 aromatic carbocycles. The predicted molar refractivity (Wildman–Crippen MR) is 67.6 cm³/mol. The Balaban J connectivity index is 2.89. The van der Waals surface area contributed by atoms with E-state index in [0.29, 0.717) is 11.0 Å². The van der Waals surface area contributed by atoms with Crippen LogP contribution in [0, 0.1) is 0 Å². The number of halogens is 4. The lowest BCUT2D eigenvalue weighted by Gasteiger charge is -2.30. The molecule has 0 saturated heterocycles. The lowest BCUT2D eigenvalue weighted by atomic mass is 10.2. The third-order valence-electron chi connectivity index (χ3n) is 2.40. The first-order valence-electron chi connectivity index (χ1n) is 5.32. The molecule has 0 aromatic heterocycles. The van der Waals surface area contributed by atoms with E-state index in [4.69, 9.17) is 0 Å². The molecule has 1 nitrogen and oxygen atoms in total. The number of hydrogen-bond acceptors (Lipinski definition) is 1. The minimum atomic E-state index is -4.18. The molecule has 0 aliphatic carbocycles. The normalized spacial score (nSPS) is 11.9. The van der Waals surface area contributed by atoms with Crippen molar-refractivity contribution < 1.29 is 13.2 Å². The number of hydrogen-bond donors (Lipinski definition) is 0. The van der Waals surface area contributed by atoms with Crippen molar-refractivity contribution in [1.29, 1.82) is 0 Å². The van der Waals surface area contributed by atoms with Crippen molar-refractivity contribution in [3.8, 4) is 0 Å². The van der Waals surface area contributed by atoms with E-state index in [0.717, 1.165) is 5.56 Å². The zero-order valence-corrected chi connectivity index (χ0v) is 11.3. The van der Waals surface area contributed by atoms with E-state index >= 15 is 0 Å². The standard InChI is InChI=1S/C12H15BrF3N/c1-9(2)17(8-12(14,15)16)11-5-3-10(7-13)4-6-11/h3-6,9H,7-8H2,1-2H3. The van der Waals surface area contributed by atoms with Crippen LogP contribution in [0.25, 0.3) is 0 Å². The fourth-order valence-corrected chi connectivity index (χ4v) is 1.92. The first kappa shape index (κ1) is 14.4. The van der Waals surface area contributed by atoms with Gasteiger partial charge < -0.3 is 4.90 Å². The Morgan fingerprint density at radius 1 is 1.18 bits per heavy atom. The molecule has 0 bridgehead atoms. The van der Waals surface area contributed by atoms with E-state index in [1.54, 1.807) is 26.0 Å². The summed E-state index contributed by atoms with van der Waals surface area (Å²) in [5.74, 6) is 0. The molecule has 0 aliphatic rings. The lowest BCUT2D eigenvalue weighted by molar-refractivity contribution is -0.120. The summed E-state index contributed by atoms with van der Waals surface area (Å²) in [6.07, 6.45) is -4.18. The Bertz CT molecular complexity index is 346. The molecule has 0 aliphatic heterocycles. The second-order valence-corrected chi connectivity index (χ2v) is 4.70. The third-order valence-corrected chi connectivity index (χ3v) is 3.04. The van der Waals surface area contributed by atoms with Crippen molar-refractivity contribution in [3.05, 3.63) is 29.8 Å². The van der Waals surface area contributed by atoms with Gasteiger partial charge in [0.1, 0.15) is 6.54 Å². The van der Waals surface area contributed by atoms with Gasteiger partial charge in [0, 0.05) is 17.1 Å². The van der Waals surface area contributed by atoms with Crippen LogP contribution in [0.2, 0.25) is 0 Å². The molecule has 5 heteroatoms. The van der Waals surface area contributed by atoms with Crippen molar-refractivity contribution in [3.63, 3.8) is 0 Å². The lowest BCUT2D eigenvalue weighted by Crippen LogP contribution is -2.39. The summed E-state index contributed by atoms with van der Waals surface area (Å²) in [6.45, 7) is 2.59. The zero-order chi connectivity index (χ0) is 13.1. The average molecular weight is 310 g/mol. The summed E-state index contributed by atoms with van der Waals surface area (Å²) in [5.41, 5.74) is 1.64. The van der Waals surface area contributed by atoms with Gasteiger partial charge in [-0.25, -0.2) is 0 Å². The maximum Gasteiger partial charge on any atom is 0.405 e. The summed E-state index contributed by atoms with van der Waals surface area (Å²) >= 11 is 3.30. The molecule has 1 aromatic rings. The van der Waals surface area contributed by atoms with Crippen LogP contribution in [0.1, 0.15) is 19.4 Å². The number of alkyl halides is 4. The summed E-state index contributed by atoms with van der Waals surface area (Å²) in [6, 6.07) is 6.92. The van der Waals surface area contributed by atoms with Crippen LogP contribution in [0.4, 0.5) is 18.9 Å². The van der Waals surface area contributed by atoms with E-state index in [9.17, 15) is 13.2 Å². The number of benzene rings is 1. The van der Waals surface area contributed by atoms with Crippen LogP contribution >= 0.6 is 15.9 Å². The monoisotopic (exact) mass is 309 g/mol. The van der Waals surface area contributed by atoms with Gasteiger partial charge in [0.25, 0.3) is 0 Å². The summed E-state index contributed by atoms with van der Waals surface area (Å²) < 4.78 is 37.3. The molecule has 0 amide bonds. The second kappa shape index (κ2) is 5.76. The van der Waals surface area contributed by atoms with E-state index in [1.165, 1.54) is 4.90 Å².